The van der Waals surface area contributed by atoms with Crippen LogP contribution in [0.3, 0.4) is 0 Å². The molecule has 0 amide bonds. The van der Waals surface area contributed by atoms with Gasteiger partial charge >= 0.3 is 0 Å². The molecule has 121 heavy (non-hydrogen) atoms. The third-order valence-corrected chi connectivity index (χ3v) is 19.9. The predicted octanol–water partition coefficient (Wildman–Crippen LogP) is 22.6. The monoisotopic (exact) mass is 2110 g/mol. The van der Waals surface area contributed by atoms with Gasteiger partial charge in [-0.1, -0.05) is 115 Å². The maximum atomic E-state index is 4.77. The van der Waals surface area contributed by atoms with E-state index in [-0.39, 0.29) is 60.3 Å². The zero-order valence-corrected chi connectivity index (χ0v) is 73.3. The summed E-state index contributed by atoms with van der Waals surface area (Å²) in [4.78, 5) is 51.1. The molecule has 3 aromatic heterocycles. The predicted molar refractivity (Wildman–Crippen MR) is 477 cm³/mol. The smallest absolute Gasteiger partial charge is 0.161 e. The van der Waals surface area contributed by atoms with Gasteiger partial charge in [0.25, 0.3) is 0 Å². The first-order valence-corrected chi connectivity index (χ1v) is 38.4. The summed E-state index contributed by atoms with van der Waals surface area (Å²) in [6, 6.07) is 132. The maximum absolute atomic E-state index is 4.77. The Morgan fingerprint density at radius 3 is 0.893 bits per heavy atom. The maximum Gasteiger partial charge on any atom is 0.161 e. The van der Waals surface area contributed by atoms with Crippen molar-refractivity contribution in [3.8, 4) is 11.4 Å². The van der Waals surface area contributed by atoms with Crippen molar-refractivity contribution in [1.82, 2.24) is 29.9 Å². The molecule has 6 aliphatic rings. The Labute approximate surface area is 749 Å². The van der Waals surface area contributed by atoms with E-state index in [9.17, 15) is 0 Å². The first kappa shape index (κ1) is 84.1. The van der Waals surface area contributed by atoms with Crippen LogP contribution in [0, 0.1) is 83.3 Å². The van der Waals surface area contributed by atoms with Gasteiger partial charge in [-0.3, -0.25) is 0 Å². The molecule has 607 valence electrons. The Morgan fingerprint density at radius 1 is 0.240 bits per heavy atom. The number of fused-ring (bicyclic) bond motifs is 6. The van der Waals surface area contributed by atoms with Gasteiger partial charge in [-0.25, -0.2) is 29.9 Å². The first-order chi connectivity index (χ1) is 58.3. The van der Waals surface area contributed by atoms with E-state index in [2.05, 4.69) is 298 Å². The van der Waals surface area contributed by atoms with Crippen LogP contribution < -0.4 is 58.8 Å². The van der Waals surface area contributed by atoms with Gasteiger partial charge in [0.1, 0.15) is 30.1 Å². The topological polar surface area (TPSA) is 116 Å². The number of hydrogen-bond acceptors (Lipinski definition) is 18. The largest absolute Gasteiger partial charge is 0.501 e. The van der Waals surface area contributed by atoms with Crippen molar-refractivity contribution in [3.05, 3.63) is 447 Å². The van der Waals surface area contributed by atoms with Gasteiger partial charge in [-0.2, -0.15) is 202 Å². The van der Waals surface area contributed by atoms with E-state index in [0.29, 0.717) is 0 Å². The number of aryl methyl sites for hydroxylation is 1. The molecule has 16 aromatic rings. The third-order valence-electron chi connectivity index (χ3n) is 19.9. The van der Waals surface area contributed by atoms with Crippen LogP contribution >= 0.6 is 0 Å². The molecular weight excluding hydrogens is 2030 g/mol. The second-order valence-electron chi connectivity index (χ2n) is 27.5. The number of aromatic nitrogens is 6. The van der Waals surface area contributed by atoms with Gasteiger partial charge in [-0.15, -0.1) is 54.1 Å². The summed E-state index contributed by atoms with van der Waals surface area (Å²) in [5, 5.41) is 0. The van der Waals surface area contributed by atoms with E-state index in [1.165, 1.54) is 39.7 Å². The fourth-order valence-corrected chi connectivity index (χ4v) is 14.2. The zero-order valence-electron chi connectivity index (χ0n) is 66.2. The van der Waals surface area contributed by atoms with Crippen LogP contribution in [0.4, 0.5) is 120 Å². The Morgan fingerprint density at radius 2 is 0.529 bits per heavy atom. The van der Waals surface area contributed by atoms with Crippen LogP contribution in [0.2, 0.25) is 0 Å². The average Bonchev–Trinajstić information content (AvgIpc) is 1.63. The summed E-state index contributed by atoms with van der Waals surface area (Å²) >= 11 is 0. The summed E-state index contributed by atoms with van der Waals surface area (Å²) in [5.41, 5.74) is 21.8. The van der Waals surface area contributed by atoms with Crippen molar-refractivity contribution in [1.29, 1.82) is 0 Å². The summed E-state index contributed by atoms with van der Waals surface area (Å²) in [7, 11) is 5.94. The van der Waals surface area contributed by atoms with Crippen molar-refractivity contribution in [2.24, 2.45) is 0 Å². The molecule has 13 aromatic carbocycles. The van der Waals surface area contributed by atoms with E-state index in [0.717, 1.165) is 97.1 Å². The zero-order chi connectivity index (χ0) is 79.9. The van der Waals surface area contributed by atoms with Crippen LogP contribution in [0.15, 0.2) is 365 Å². The number of para-hydroxylation sites is 15. The normalized spacial score (nSPS) is 13.2. The molecular formula is C100H78Ir3N18-12. The third kappa shape index (κ3) is 18.7. The van der Waals surface area contributed by atoms with Crippen molar-refractivity contribution in [2.75, 3.05) is 79.9 Å². The molecule has 0 saturated heterocycles. The van der Waals surface area contributed by atoms with E-state index < -0.39 is 0 Å². The number of rotatable bonds is 10. The average molecular weight is 2110 g/mol. The molecule has 0 bridgehead atoms. The summed E-state index contributed by atoms with van der Waals surface area (Å²) in [6.45, 7) is 14.4. The standard InChI is InChI=1S/C19H16N4.3C19H14N2.2C12H10N4.3Ir/c1-14-8-6-7-11-16(14)18-20-12-17-19(21-18)22(2)13-23(17)15-9-4-3-5-10-15;3*1-3-9-16(10-4-1)20-15-21(17-11-5-2-6-12-17)19-14-8-7-13-18(19)20;1-15-9-16(10-5-3-2-4-6-10)11-7-13-8-14-12(11)15;1-15-9-16(10-5-3-2-4-6-10)12-11(15)7-13-8-14-12;;;/h3-9,11-13H,1-2H3;3*1-11,13-15H;2*2-5,7-9H,1H3;;;/q6*-2;;;. The van der Waals surface area contributed by atoms with E-state index in [4.69, 9.17) is 4.98 Å². The Balaban J connectivity index is 0.000000119. The molecule has 0 aliphatic carbocycles. The molecule has 21 heteroatoms. The molecule has 0 saturated carbocycles. The molecule has 3 radical (unpaired) electrons. The molecule has 18 nitrogen and oxygen atoms in total. The van der Waals surface area contributed by atoms with E-state index >= 15 is 0 Å². The van der Waals surface area contributed by atoms with Gasteiger partial charge < -0.3 is 58.8 Å². The van der Waals surface area contributed by atoms with Crippen LogP contribution in [0.1, 0.15) is 5.56 Å². The molecule has 22 rings (SSSR count). The molecule has 0 atom stereocenters. The molecule has 0 unspecified atom stereocenters. The number of anilines is 21. The quantitative estimate of drug-likeness (QED) is 0.121. The minimum Gasteiger partial charge on any atom is -0.501 e. The fraction of sp³-hybridized carbons (Fsp3) is 0.0400. The molecule has 6 aliphatic heterocycles. The van der Waals surface area contributed by atoms with Crippen molar-refractivity contribution in [2.45, 2.75) is 6.92 Å². The van der Waals surface area contributed by atoms with Crippen LogP contribution in [-0.4, -0.2) is 51.0 Å². The van der Waals surface area contributed by atoms with Gasteiger partial charge in [-0.05, 0) is 106 Å². The SMILES string of the molecule is CN1[CH-]N(c2[c-]cccc2)c2cncnc21.CN1[CH-]N(c2[c-]cccc2)c2ncncc21.Cc1ccccc1-c1ncc2c(n1)N(C)[CH-]N2c1[c-]cccc1.[Ir].[Ir].[Ir].[c-]1ccccc1N1[CH-]N(c2ccccc2)c2ccccc21.[c-]1ccccc1N1[CH-]N(c2ccccc2)c2ccccc21.[c-]1ccccc1N1[CH-]N(c2ccccc2)c2ccccc21. The molecule has 0 N–H and O–H groups in total. The first-order valence-electron chi connectivity index (χ1n) is 38.4. The van der Waals surface area contributed by atoms with Gasteiger partial charge in [0.15, 0.2) is 5.82 Å². The Kier molecular flexibility index (Phi) is 27.8. The van der Waals surface area contributed by atoms with Gasteiger partial charge in [0.05, 0.1) is 35.7 Å². The Hall–Kier alpha value is -13.4. The van der Waals surface area contributed by atoms with Crippen molar-refractivity contribution < 1.29 is 60.3 Å². The number of hydrogen-bond donors (Lipinski definition) is 0. The number of nitrogens with zero attached hydrogens (tertiary/aromatic N) is 18. The van der Waals surface area contributed by atoms with Crippen LogP contribution in [0.5, 0.6) is 0 Å². The van der Waals surface area contributed by atoms with Crippen molar-refractivity contribution >= 4 is 120 Å². The minimum absolute atomic E-state index is 0. The van der Waals surface area contributed by atoms with E-state index in [1.54, 1.807) is 12.7 Å². The second-order valence-corrected chi connectivity index (χ2v) is 27.5. The minimum atomic E-state index is 0. The summed E-state index contributed by atoms with van der Waals surface area (Å²) in [6.07, 6.45) is 8.61. The fourth-order valence-electron chi connectivity index (χ4n) is 14.2. The van der Waals surface area contributed by atoms with Crippen LogP contribution in [0.25, 0.3) is 11.4 Å². The summed E-state index contributed by atoms with van der Waals surface area (Å²) < 4.78 is 0. The van der Waals surface area contributed by atoms with E-state index in [1.807, 2.05) is 242 Å². The molecule has 0 fully saturated rings. The van der Waals surface area contributed by atoms with Gasteiger partial charge in [0.2, 0.25) is 0 Å². The molecule has 0 spiro atoms. The second kappa shape index (κ2) is 39.9. The Bertz CT molecular complexity index is 5350. The van der Waals surface area contributed by atoms with Gasteiger partial charge in [0, 0.05) is 117 Å². The van der Waals surface area contributed by atoms with Crippen molar-refractivity contribution in [3.63, 3.8) is 0 Å². The number of benzene rings is 13. The summed E-state index contributed by atoms with van der Waals surface area (Å²) in [5.74, 6) is 3.45. The van der Waals surface area contributed by atoms with Crippen LogP contribution in [-0.2, 0) is 60.3 Å². The molecule has 9 heterocycles.